The maximum absolute atomic E-state index is 13.0. The summed E-state index contributed by atoms with van der Waals surface area (Å²) >= 11 is 0. The lowest BCUT2D eigenvalue weighted by Gasteiger charge is -2.06. The van der Waals surface area contributed by atoms with E-state index in [0.29, 0.717) is 13.0 Å². The second kappa shape index (κ2) is 7.97. The zero-order valence-electron chi connectivity index (χ0n) is 12.0. The third-order valence-electron chi connectivity index (χ3n) is 3.01. The summed E-state index contributed by atoms with van der Waals surface area (Å²) in [4.78, 5) is 23.2. The van der Waals surface area contributed by atoms with Crippen molar-refractivity contribution in [2.75, 3.05) is 13.1 Å². The summed E-state index contributed by atoms with van der Waals surface area (Å²) in [6.45, 7) is 0.653. The van der Waals surface area contributed by atoms with Crippen molar-refractivity contribution in [1.82, 2.24) is 10.6 Å². The Labute approximate surface area is 127 Å². The molecule has 2 amide bonds. The van der Waals surface area contributed by atoms with E-state index in [0.717, 1.165) is 5.56 Å². The van der Waals surface area contributed by atoms with E-state index < -0.39 is 0 Å². The maximum atomic E-state index is 13.0. The number of amides is 2. The molecule has 2 aromatic rings. The molecule has 2 N–H and O–H groups in total. The Bertz CT molecular complexity index is 626. The van der Waals surface area contributed by atoms with Gasteiger partial charge in [0.1, 0.15) is 5.82 Å². The summed E-state index contributed by atoms with van der Waals surface area (Å²) < 4.78 is 17.9. The van der Waals surface area contributed by atoms with Gasteiger partial charge in [-0.15, -0.1) is 0 Å². The Hall–Kier alpha value is -2.63. The number of hydrogen-bond acceptors (Lipinski definition) is 3. The predicted molar refractivity (Wildman–Crippen MR) is 78.8 cm³/mol. The summed E-state index contributed by atoms with van der Waals surface area (Å²) in [6.07, 6.45) is 2.14. The standard InChI is InChI=1S/C16H17FN2O3/c17-13-4-1-3-12(11-13)6-8-18-15(20)7-9-19-16(21)14-5-2-10-22-14/h1-5,10-11H,6-9H2,(H,18,20)(H,19,21). The van der Waals surface area contributed by atoms with Crippen molar-refractivity contribution in [1.29, 1.82) is 0 Å². The van der Waals surface area contributed by atoms with Gasteiger partial charge in [-0.1, -0.05) is 12.1 Å². The first kappa shape index (κ1) is 15.8. The van der Waals surface area contributed by atoms with Crippen LogP contribution in [-0.2, 0) is 11.2 Å². The first-order valence-corrected chi connectivity index (χ1v) is 6.98. The molecule has 0 bridgehead atoms. The van der Waals surface area contributed by atoms with Gasteiger partial charge in [0.15, 0.2) is 5.76 Å². The summed E-state index contributed by atoms with van der Waals surface area (Å²) in [5.41, 5.74) is 0.825. The Kier molecular flexibility index (Phi) is 5.71. The highest BCUT2D eigenvalue weighted by atomic mass is 19.1. The highest BCUT2D eigenvalue weighted by Gasteiger charge is 2.08. The molecular formula is C16H17FN2O3. The van der Waals surface area contributed by atoms with Crippen LogP contribution in [0.25, 0.3) is 0 Å². The van der Waals surface area contributed by atoms with Gasteiger partial charge in [-0.25, -0.2) is 4.39 Å². The SMILES string of the molecule is O=C(CCNC(=O)c1ccco1)NCCc1cccc(F)c1. The average molecular weight is 304 g/mol. The molecule has 0 unspecified atom stereocenters. The van der Waals surface area contributed by atoms with Crippen molar-refractivity contribution >= 4 is 11.8 Å². The monoisotopic (exact) mass is 304 g/mol. The van der Waals surface area contributed by atoms with Crippen LogP contribution in [0.2, 0.25) is 0 Å². The second-order valence-corrected chi connectivity index (χ2v) is 4.71. The fourth-order valence-electron chi connectivity index (χ4n) is 1.91. The van der Waals surface area contributed by atoms with E-state index in [1.807, 2.05) is 0 Å². The van der Waals surface area contributed by atoms with Gasteiger partial charge in [0.2, 0.25) is 5.91 Å². The first-order valence-electron chi connectivity index (χ1n) is 6.98. The molecule has 0 aliphatic rings. The quantitative estimate of drug-likeness (QED) is 0.820. The van der Waals surface area contributed by atoms with Crippen LogP contribution in [0, 0.1) is 5.82 Å². The van der Waals surface area contributed by atoms with Crippen LogP contribution >= 0.6 is 0 Å². The Morgan fingerprint density at radius 3 is 2.68 bits per heavy atom. The number of furan rings is 1. The molecule has 0 aliphatic heterocycles. The van der Waals surface area contributed by atoms with Crippen LogP contribution < -0.4 is 10.6 Å². The minimum atomic E-state index is -0.349. The smallest absolute Gasteiger partial charge is 0.286 e. The van der Waals surface area contributed by atoms with Gasteiger partial charge in [0, 0.05) is 19.5 Å². The van der Waals surface area contributed by atoms with Gasteiger partial charge in [0.05, 0.1) is 6.26 Å². The van der Waals surface area contributed by atoms with Gasteiger partial charge in [-0.2, -0.15) is 0 Å². The van der Waals surface area contributed by atoms with Crippen LogP contribution in [0.5, 0.6) is 0 Å². The molecule has 6 heteroatoms. The molecule has 0 atom stereocenters. The molecule has 0 aliphatic carbocycles. The van der Waals surface area contributed by atoms with Gasteiger partial charge >= 0.3 is 0 Å². The van der Waals surface area contributed by atoms with Crippen molar-refractivity contribution in [3.8, 4) is 0 Å². The molecule has 0 saturated heterocycles. The summed E-state index contributed by atoms with van der Waals surface area (Å²) in [5, 5.41) is 5.31. The number of nitrogens with one attached hydrogen (secondary N) is 2. The lowest BCUT2D eigenvalue weighted by molar-refractivity contribution is -0.120. The van der Waals surface area contributed by atoms with E-state index in [1.54, 1.807) is 24.3 Å². The van der Waals surface area contributed by atoms with Crippen LogP contribution in [-0.4, -0.2) is 24.9 Å². The molecule has 0 saturated carbocycles. The number of benzene rings is 1. The zero-order valence-corrected chi connectivity index (χ0v) is 12.0. The van der Waals surface area contributed by atoms with Crippen molar-refractivity contribution in [3.05, 3.63) is 59.8 Å². The molecule has 0 spiro atoms. The normalized spacial score (nSPS) is 10.2. The van der Waals surface area contributed by atoms with Crippen LogP contribution in [0.15, 0.2) is 47.1 Å². The predicted octanol–water partition coefficient (Wildman–Crippen LogP) is 1.90. The molecule has 22 heavy (non-hydrogen) atoms. The first-order chi connectivity index (χ1) is 10.6. The van der Waals surface area contributed by atoms with E-state index in [-0.39, 0.29) is 36.4 Å². The van der Waals surface area contributed by atoms with Crippen molar-refractivity contribution in [2.45, 2.75) is 12.8 Å². The second-order valence-electron chi connectivity index (χ2n) is 4.71. The molecule has 0 fully saturated rings. The summed E-state index contributed by atoms with van der Waals surface area (Å²) in [5.74, 6) is -0.593. The summed E-state index contributed by atoms with van der Waals surface area (Å²) in [6, 6.07) is 9.43. The minimum Gasteiger partial charge on any atom is -0.459 e. The summed E-state index contributed by atoms with van der Waals surface area (Å²) in [7, 11) is 0. The Morgan fingerprint density at radius 2 is 1.95 bits per heavy atom. The zero-order chi connectivity index (χ0) is 15.8. The molecule has 1 aromatic heterocycles. The molecule has 1 heterocycles. The van der Waals surface area contributed by atoms with Gasteiger partial charge < -0.3 is 15.1 Å². The lowest BCUT2D eigenvalue weighted by Crippen LogP contribution is -2.31. The number of carbonyl (C=O) groups is 2. The molecule has 0 radical (unpaired) electrons. The van der Waals surface area contributed by atoms with Crippen LogP contribution in [0.4, 0.5) is 4.39 Å². The van der Waals surface area contributed by atoms with E-state index in [9.17, 15) is 14.0 Å². The molecule has 5 nitrogen and oxygen atoms in total. The largest absolute Gasteiger partial charge is 0.459 e. The van der Waals surface area contributed by atoms with E-state index in [1.165, 1.54) is 18.4 Å². The fraction of sp³-hybridized carbons (Fsp3) is 0.250. The minimum absolute atomic E-state index is 0.170. The topological polar surface area (TPSA) is 71.3 Å². The number of carbonyl (C=O) groups excluding carboxylic acids is 2. The Morgan fingerprint density at radius 1 is 1.09 bits per heavy atom. The highest BCUT2D eigenvalue weighted by molar-refractivity contribution is 5.91. The average Bonchev–Trinajstić information content (AvgIpc) is 3.01. The van der Waals surface area contributed by atoms with E-state index in [2.05, 4.69) is 10.6 Å². The third-order valence-corrected chi connectivity index (χ3v) is 3.01. The van der Waals surface area contributed by atoms with Crippen molar-refractivity contribution in [3.63, 3.8) is 0 Å². The number of hydrogen-bond donors (Lipinski definition) is 2. The molecule has 1 aromatic carbocycles. The Balaban J connectivity index is 1.61. The molecule has 116 valence electrons. The van der Waals surface area contributed by atoms with Crippen LogP contribution in [0.1, 0.15) is 22.5 Å². The third kappa shape index (κ3) is 5.05. The molecule has 2 rings (SSSR count). The van der Waals surface area contributed by atoms with Crippen molar-refractivity contribution < 1.29 is 18.4 Å². The van der Waals surface area contributed by atoms with Gasteiger partial charge in [-0.3, -0.25) is 9.59 Å². The van der Waals surface area contributed by atoms with E-state index >= 15 is 0 Å². The fourth-order valence-corrected chi connectivity index (χ4v) is 1.91. The lowest BCUT2D eigenvalue weighted by atomic mass is 10.1. The number of halogens is 1. The molecular weight excluding hydrogens is 287 g/mol. The van der Waals surface area contributed by atoms with Crippen molar-refractivity contribution in [2.24, 2.45) is 0 Å². The highest BCUT2D eigenvalue weighted by Crippen LogP contribution is 2.03. The van der Waals surface area contributed by atoms with E-state index in [4.69, 9.17) is 4.42 Å². The van der Waals surface area contributed by atoms with Gasteiger partial charge in [-0.05, 0) is 36.2 Å². The van der Waals surface area contributed by atoms with Gasteiger partial charge in [0.25, 0.3) is 5.91 Å². The number of rotatable bonds is 7. The van der Waals surface area contributed by atoms with Crippen LogP contribution in [0.3, 0.4) is 0 Å². The maximum Gasteiger partial charge on any atom is 0.286 e.